The minimum absolute atomic E-state index is 0.187. The largest absolute Gasteiger partial charge is 0.494 e. The number of hydrogen-bond acceptors (Lipinski definition) is 1. The van der Waals surface area contributed by atoms with Crippen LogP contribution in [0.15, 0.2) is 36.4 Å². The predicted molar refractivity (Wildman–Crippen MR) is 62.2 cm³/mol. The normalized spacial score (nSPS) is 10.2. The molecule has 0 fully saturated rings. The fourth-order valence-electron chi connectivity index (χ4n) is 1.47. The van der Waals surface area contributed by atoms with Crippen LogP contribution < -0.4 is 4.74 Å². The zero-order valence-corrected chi connectivity index (χ0v) is 9.38. The van der Waals surface area contributed by atoms with Gasteiger partial charge in [-0.3, -0.25) is 0 Å². The molecule has 16 heavy (non-hydrogen) atoms. The molecule has 0 saturated heterocycles. The molecule has 0 atom stereocenters. The summed E-state index contributed by atoms with van der Waals surface area (Å²) in [5.41, 5.74) is 1.65. The molecule has 2 aromatic rings. The Balaban J connectivity index is 2.57. The van der Waals surface area contributed by atoms with Crippen molar-refractivity contribution in [3.63, 3.8) is 0 Å². The fourth-order valence-corrected chi connectivity index (χ4v) is 1.73. The third-order valence-corrected chi connectivity index (χ3v) is 2.58. The van der Waals surface area contributed by atoms with Gasteiger partial charge in [-0.2, -0.15) is 0 Å². The number of ether oxygens (including phenoxy) is 1. The zero-order chi connectivity index (χ0) is 11.5. The molecular weight excluding hydrogens is 227 g/mol. The summed E-state index contributed by atoms with van der Waals surface area (Å²) in [7, 11) is 1.43. The molecule has 1 nitrogen and oxygen atoms in total. The van der Waals surface area contributed by atoms with E-state index < -0.39 is 5.82 Å². The van der Waals surface area contributed by atoms with Gasteiger partial charge in [-0.15, -0.1) is 0 Å². The first kappa shape index (κ1) is 11.0. The van der Waals surface area contributed by atoms with E-state index in [0.717, 1.165) is 11.1 Å². The first-order valence-corrected chi connectivity index (χ1v) is 5.09. The van der Waals surface area contributed by atoms with Crippen molar-refractivity contribution in [2.24, 2.45) is 0 Å². The molecule has 0 heterocycles. The van der Waals surface area contributed by atoms with E-state index in [2.05, 4.69) is 6.07 Å². The maximum absolute atomic E-state index is 13.3. The third-order valence-electron chi connectivity index (χ3n) is 2.27. The molecule has 2 rings (SSSR count). The molecule has 1 radical (unpaired) electrons. The topological polar surface area (TPSA) is 9.23 Å². The molecule has 0 bridgehead atoms. The van der Waals surface area contributed by atoms with Gasteiger partial charge >= 0.3 is 0 Å². The van der Waals surface area contributed by atoms with E-state index in [-0.39, 0.29) is 5.75 Å². The van der Waals surface area contributed by atoms with Crippen molar-refractivity contribution in [2.75, 3.05) is 7.11 Å². The molecule has 0 aromatic heterocycles. The van der Waals surface area contributed by atoms with Crippen LogP contribution in [0.1, 0.15) is 0 Å². The van der Waals surface area contributed by atoms with E-state index in [9.17, 15) is 4.39 Å². The molecule has 3 heteroatoms. The average molecular weight is 236 g/mol. The number of rotatable bonds is 2. The lowest BCUT2D eigenvalue weighted by atomic mass is 10.1. The Morgan fingerprint density at radius 1 is 1.25 bits per heavy atom. The Morgan fingerprint density at radius 2 is 1.94 bits per heavy atom. The van der Waals surface area contributed by atoms with Crippen LogP contribution in [0.3, 0.4) is 0 Å². The summed E-state index contributed by atoms with van der Waals surface area (Å²) in [5, 5.41) is 0.365. The van der Waals surface area contributed by atoms with Crippen molar-refractivity contribution >= 4 is 11.6 Å². The summed E-state index contributed by atoms with van der Waals surface area (Å²) in [4.78, 5) is 0. The summed E-state index contributed by atoms with van der Waals surface area (Å²) in [5.74, 6) is -0.272. The second kappa shape index (κ2) is 4.54. The fraction of sp³-hybridized carbons (Fsp3) is 0.0769. The lowest BCUT2D eigenvalue weighted by Gasteiger charge is -2.08. The lowest BCUT2D eigenvalue weighted by molar-refractivity contribution is 0.387. The average Bonchev–Trinajstić information content (AvgIpc) is 2.30. The van der Waals surface area contributed by atoms with Gasteiger partial charge in [0.25, 0.3) is 0 Å². The van der Waals surface area contributed by atoms with Gasteiger partial charge in [0, 0.05) is 5.56 Å². The number of halogens is 2. The van der Waals surface area contributed by atoms with Crippen molar-refractivity contribution in [2.45, 2.75) is 0 Å². The van der Waals surface area contributed by atoms with Crippen LogP contribution >= 0.6 is 11.6 Å². The molecule has 81 valence electrons. The SMILES string of the molecule is COc1cc(-c2cc[c]cc2)c(Cl)cc1F. The second-order valence-electron chi connectivity index (χ2n) is 3.26. The van der Waals surface area contributed by atoms with E-state index >= 15 is 0 Å². The number of hydrogen-bond donors (Lipinski definition) is 0. The van der Waals surface area contributed by atoms with E-state index in [1.54, 1.807) is 18.2 Å². The lowest BCUT2D eigenvalue weighted by Crippen LogP contribution is -1.90. The predicted octanol–water partition coefficient (Wildman–Crippen LogP) is 3.95. The van der Waals surface area contributed by atoms with Gasteiger partial charge in [-0.25, -0.2) is 4.39 Å². The molecular formula is C13H9ClFO. The van der Waals surface area contributed by atoms with Crippen LogP contribution in [0.2, 0.25) is 5.02 Å². The molecule has 0 aliphatic rings. The van der Waals surface area contributed by atoms with Gasteiger partial charge < -0.3 is 4.74 Å². The molecule has 0 amide bonds. The monoisotopic (exact) mass is 235 g/mol. The summed E-state index contributed by atoms with van der Waals surface area (Å²) >= 11 is 5.99. The smallest absolute Gasteiger partial charge is 0.166 e. The standard InChI is InChI=1S/C13H9ClFO/c1-16-13-7-10(11(14)8-12(13)15)9-5-3-2-4-6-9/h3-8H,1H3. The Morgan fingerprint density at radius 3 is 2.56 bits per heavy atom. The van der Waals surface area contributed by atoms with Gasteiger partial charge in [-0.1, -0.05) is 35.9 Å². The minimum Gasteiger partial charge on any atom is -0.494 e. The maximum Gasteiger partial charge on any atom is 0.166 e. The van der Waals surface area contributed by atoms with E-state index in [0.29, 0.717) is 5.02 Å². The Bertz CT molecular complexity index is 497. The highest BCUT2D eigenvalue weighted by molar-refractivity contribution is 6.33. The number of methoxy groups -OCH3 is 1. The quantitative estimate of drug-likeness (QED) is 0.766. The van der Waals surface area contributed by atoms with Gasteiger partial charge in [0.2, 0.25) is 0 Å². The van der Waals surface area contributed by atoms with Crippen molar-refractivity contribution < 1.29 is 9.13 Å². The van der Waals surface area contributed by atoms with Crippen LogP contribution in [0.4, 0.5) is 4.39 Å². The van der Waals surface area contributed by atoms with E-state index in [4.69, 9.17) is 16.3 Å². The highest BCUT2D eigenvalue weighted by Gasteiger charge is 2.10. The molecule has 0 aliphatic heterocycles. The molecule has 0 N–H and O–H groups in total. The Hall–Kier alpha value is -1.54. The van der Waals surface area contributed by atoms with E-state index in [1.165, 1.54) is 13.2 Å². The molecule has 0 spiro atoms. The molecule has 0 saturated carbocycles. The first-order valence-electron chi connectivity index (χ1n) is 4.72. The number of benzene rings is 2. The van der Waals surface area contributed by atoms with Gasteiger partial charge in [0.05, 0.1) is 12.1 Å². The minimum atomic E-state index is -0.459. The van der Waals surface area contributed by atoms with Crippen molar-refractivity contribution in [1.29, 1.82) is 0 Å². The highest BCUT2D eigenvalue weighted by atomic mass is 35.5. The van der Waals surface area contributed by atoms with Gasteiger partial charge in [-0.05, 0) is 23.8 Å². The van der Waals surface area contributed by atoms with Crippen LogP contribution in [-0.2, 0) is 0 Å². The third kappa shape index (κ3) is 2.02. The van der Waals surface area contributed by atoms with Crippen LogP contribution in [-0.4, -0.2) is 7.11 Å². The van der Waals surface area contributed by atoms with Crippen molar-refractivity contribution in [3.8, 4) is 16.9 Å². The summed E-state index contributed by atoms with van der Waals surface area (Å²) in [6, 6.07) is 13.0. The second-order valence-corrected chi connectivity index (χ2v) is 3.66. The zero-order valence-electron chi connectivity index (χ0n) is 8.63. The van der Waals surface area contributed by atoms with Crippen LogP contribution in [0.5, 0.6) is 5.75 Å². The summed E-state index contributed by atoms with van der Waals surface area (Å²) in [6.07, 6.45) is 0. The van der Waals surface area contributed by atoms with Crippen molar-refractivity contribution in [3.05, 3.63) is 53.3 Å². The molecule has 2 aromatic carbocycles. The van der Waals surface area contributed by atoms with Crippen molar-refractivity contribution in [1.82, 2.24) is 0 Å². The molecule has 0 unspecified atom stereocenters. The highest BCUT2D eigenvalue weighted by Crippen LogP contribution is 2.33. The van der Waals surface area contributed by atoms with Gasteiger partial charge in [0.1, 0.15) is 0 Å². The first-order chi connectivity index (χ1) is 7.72. The van der Waals surface area contributed by atoms with Gasteiger partial charge in [0.15, 0.2) is 11.6 Å². The maximum atomic E-state index is 13.3. The van der Waals surface area contributed by atoms with E-state index in [1.807, 2.05) is 12.1 Å². The Kier molecular flexibility index (Phi) is 3.11. The Labute approximate surface area is 98.4 Å². The summed E-state index contributed by atoms with van der Waals surface area (Å²) in [6.45, 7) is 0. The van der Waals surface area contributed by atoms with Crippen LogP contribution in [0.25, 0.3) is 11.1 Å². The summed E-state index contributed by atoms with van der Waals surface area (Å²) < 4.78 is 18.3. The van der Waals surface area contributed by atoms with Crippen LogP contribution in [0, 0.1) is 11.9 Å². The molecule has 0 aliphatic carbocycles.